The van der Waals surface area contributed by atoms with E-state index in [1.165, 1.54) is 12.4 Å². The van der Waals surface area contributed by atoms with Crippen molar-refractivity contribution in [2.75, 3.05) is 5.32 Å². The summed E-state index contributed by atoms with van der Waals surface area (Å²) in [5, 5.41) is 4.25. The fraction of sp³-hybridized carbons (Fsp3) is 0.214. The molecule has 1 fully saturated rings. The Morgan fingerprint density at radius 1 is 1.19 bits per heavy atom. The van der Waals surface area contributed by atoms with Gasteiger partial charge in [0.2, 0.25) is 5.91 Å². The highest BCUT2D eigenvalue weighted by Crippen LogP contribution is 2.50. The second-order valence-corrected chi connectivity index (χ2v) is 6.06. The number of anilines is 1. The molecule has 2 atom stereocenters. The summed E-state index contributed by atoms with van der Waals surface area (Å²) >= 11 is 17.9. The van der Waals surface area contributed by atoms with Crippen molar-refractivity contribution in [3.05, 3.63) is 51.4 Å². The van der Waals surface area contributed by atoms with Crippen molar-refractivity contribution in [2.45, 2.75) is 12.3 Å². The number of aromatic nitrogens is 2. The van der Waals surface area contributed by atoms with Crippen LogP contribution in [-0.2, 0) is 4.79 Å². The van der Waals surface area contributed by atoms with Crippen molar-refractivity contribution in [3.63, 3.8) is 0 Å². The predicted molar refractivity (Wildman–Crippen MR) is 83.0 cm³/mol. The highest BCUT2D eigenvalue weighted by atomic mass is 35.5. The van der Waals surface area contributed by atoms with Crippen LogP contribution >= 0.6 is 34.8 Å². The zero-order valence-corrected chi connectivity index (χ0v) is 13.0. The molecule has 1 N–H and O–H groups in total. The standard InChI is InChI=1S/C14H10Cl3N3O/c15-7-1-2-11(16)9(3-7)8-4-10(8)14(21)20-13-5-12(17)18-6-19-13/h1-3,5-6,8,10H,4H2,(H,18,19,20,21)/t8-,10+/m1/s1. The van der Waals surface area contributed by atoms with Crippen LogP contribution < -0.4 is 5.32 Å². The Balaban J connectivity index is 1.70. The minimum absolute atomic E-state index is 0.0912. The smallest absolute Gasteiger partial charge is 0.229 e. The molecule has 1 saturated carbocycles. The van der Waals surface area contributed by atoms with Gasteiger partial charge in [0, 0.05) is 22.0 Å². The van der Waals surface area contributed by atoms with Crippen molar-refractivity contribution in [2.24, 2.45) is 5.92 Å². The lowest BCUT2D eigenvalue weighted by atomic mass is 10.1. The molecule has 7 heteroatoms. The van der Waals surface area contributed by atoms with Gasteiger partial charge in [-0.2, -0.15) is 0 Å². The van der Waals surface area contributed by atoms with Crippen molar-refractivity contribution in [3.8, 4) is 0 Å². The summed E-state index contributed by atoms with van der Waals surface area (Å²) in [5.41, 5.74) is 0.907. The topological polar surface area (TPSA) is 54.9 Å². The van der Waals surface area contributed by atoms with Gasteiger partial charge in [-0.05, 0) is 36.1 Å². The maximum atomic E-state index is 12.2. The summed E-state index contributed by atoms with van der Waals surface area (Å²) in [7, 11) is 0. The molecule has 1 aliphatic rings. The first-order valence-corrected chi connectivity index (χ1v) is 7.41. The maximum Gasteiger partial charge on any atom is 0.229 e. The van der Waals surface area contributed by atoms with Crippen LogP contribution in [0.15, 0.2) is 30.6 Å². The first kappa shape index (κ1) is 14.6. The van der Waals surface area contributed by atoms with E-state index in [2.05, 4.69) is 15.3 Å². The van der Waals surface area contributed by atoms with Gasteiger partial charge in [0.25, 0.3) is 0 Å². The number of amides is 1. The number of carbonyl (C=O) groups is 1. The molecule has 4 nitrogen and oxygen atoms in total. The fourth-order valence-electron chi connectivity index (χ4n) is 2.25. The van der Waals surface area contributed by atoms with E-state index < -0.39 is 0 Å². The SMILES string of the molecule is O=C(Nc1cc(Cl)ncn1)[C@H]1C[C@@H]1c1cc(Cl)ccc1Cl. The molecule has 21 heavy (non-hydrogen) atoms. The quantitative estimate of drug-likeness (QED) is 0.851. The second-order valence-electron chi connectivity index (χ2n) is 4.83. The summed E-state index contributed by atoms with van der Waals surface area (Å²) < 4.78 is 0. The van der Waals surface area contributed by atoms with Gasteiger partial charge in [-0.15, -0.1) is 0 Å². The van der Waals surface area contributed by atoms with Gasteiger partial charge in [0.1, 0.15) is 17.3 Å². The van der Waals surface area contributed by atoms with Gasteiger partial charge in [-0.3, -0.25) is 4.79 Å². The van der Waals surface area contributed by atoms with Crippen LogP contribution in [0, 0.1) is 5.92 Å². The molecule has 1 aromatic carbocycles. The first-order chi connectivity index (χ1) is 10.0. The summed E-state index contributed by atoms with van der Waals surface area (Å²) in [6.07, 6.45) is 2.04. The van der Waals surface area contributed by atoms with Crippen LogP contribution in [0.1, 0.15) is 17.9 Å². The molecular formula is C14H10Cl3N3O. The Bertz CT molecular complexity index is 708. The lowest BCUT2D eigenvalue weighted by molar-refractivity contribution is -0.117. The first-order valence-electron chi connectivity index (χ1n) is 6.28. The fourth-order valence-corrected chi connectivity index (χ4v) is 2.83. The number of halogens is 3. The largest absolute Gasteiger partial charge is 0.310 e. The van der Waals surface area contributed by atoms with E-state index in [-0.39, 0.29) is 22.9 Å². The van der Waals surface area contributed by atoms with Gasteiger partial charge >= 0.3 is 0 Å². The average molecular weight is 343 g/mol. The van der Waals surface area contributed by atoms with Crippen LogP contribution in [0.4, 0.5) is 5.82 Å². The summed E-state index contributed by atoms with van der Waals surface area (Å²) in [4.78, 5) is 19.9. The van der Waals surface area contributed by atoms with Gasteiger partial charge < -0.3 is 5.32 Å². The van der Waals surface area contributed by atoms with E-state index >= 15 is 0 Å². The zero-order valence-electron chi connectivity index (χ0n) is 10.7. The van der Waals surface area contributed by atoms with Crippen LogP contribution in [0.3, 0.4) is 0 Å². The van der Waals surface area contributed by atoms with Gasteiger partial charge in [-0.25, -0.2) is 9.97 Å². The molecule has 0 saturated heterocycles. The summed E-state index contributed by atoms with van der Waals surface area (Å²) in [6.45, 7) is 0. The monoisotopic (exact) mass is 341 g/mol. The minimum Gasteiger partial charge on any atom is -0.310 e. The van der Waals surface area contributed by atoms with E-state index in [0.29, 0.717) is 15.9 Å². The van der Waals surface area contributed by atoms with E-state index in [0.717, 1.165) is 12.0 Å². The van der Waals surface area contributed by atoms with Crippen molar-refractivity contribution in [1.29, 1.82) is 0 Å². The molecule has 3 rings (SSSR count). The van der Waals surface area contributed by atoms with Crippen LogP contribution in [-0.4, -0.2) is 15.9 Å². The van der Waals surface area contributed by atoms with Crippen molar-refractivity contribution in [1.82, 2.24) is 9.97 Å². The molecule has 108 valence electrons. The average Bonchev–Trinajstić information content (AvgIpc) is 3.22. The third-order valence-electron chi connectivity index (χ3n) is 3.37. The normalized spacial score (nSPS) is 20.1. The number of rotatable bonds is 3. The molecule has 0 aliphatic heterocycles. The molecule has 0 radical (unpaired) electrons. The van der Waals surface area contributed by atoms with E-state index in [1.807, 2.05) is 6.07 Å². The minimum atomic E-state index is -0.130. The van der Waals surface area contributed by atoms with E-state index in [1.54, 1.807) is 12.1 Å². The summed E-state index contributed by atoms with van der Waals surface area (Å²) in [6, 6.07) is 6.79. The van der Waals surface area contributed by atoms with E-state index in [9.17, 15) is 4.79 Å². The Morgan fingerprint density at radius 3 is 2.76 bits per heavy atom. The van der Waals surface area contributed by atoms with Crippen LogP contribution in [0.25, 0.3) is 0 Å². The van der Waals surface area contributed by atoms with Crippen LogP contribution in [0.5, 0.6) is 0 Å². The number of nitrogens with one attached hydrogen (secondary N) is 1. The molecule has 2 aromatic rings. The molecule has 0 bridgehead atoms. The number of benzene rings is 1. The molecule has 1 heterocycles. The molecule has 1 amide bonds. The Hall–Kier alpha value is -1.36. The highest BCUT2D eigenvalue weighted by molar-refractivity contribution is 6.33. The lowest BCUT2D eigenvalue weighted by Crippen LogP contribution is -2.15. The molecule has 0 unspecified atom stereocenters. The van der Waals surface area contributed by atoms with E-state index in [4.69, 9.17) is 34.8 Å². The van der Waals surface area contributed by atoms with Gasteiger partial charge in [-0.1, -0.05) is 34.8 Å². The number of nitrogens with zero attached hydrogens (tertiary/aromatic N) is 2. The Labute approximate surface area is 136 Å². The van der Waals surface area contributed by atoms with Crippen LogP contribution in [0.2, 0.25) is 15.2 Å². The van der Waals surface area contributed by atoms with Gasteiger partial charge in [0.15, 0.2) is 0 Å². The van der Waals surface area contributed by atoms with Crippen molar-refractivity contribution < 1.29 is 4.79 Å². The Kier molecular flexibility index (Phi) is 4.02. The maximum absolute atomic E-state index is 12.2. The van der Waals surface area contributed by atoms with Crippen molar-refractivity contribution >= 4 is 46.5 Å². The van der Waals surface area contributed by atoms with Gasteiger partial charge in [0.05, 0.1) is 0 Å². The molecule has 0 spiro atoms. The predicted octanol–water partition coefficient (Wildman–Crippen LogP) is 4.18. The Morgan fingerprint density at radius 2 is 2.00 bits per heavy atom. The lowest BCUT2D eigenvalue weighted by Gasteiger charge is -2.06. The highest BCUT2D eigenvalue weighted by Gasteiger charge is 2.45. The molecule has 1 aliphatic carbocycles. The third kappa shape index (κ3) is 3.28. The number of carbonyl (C=O) groups excluding carboxylic acids is 1. The molecular weight excluding hydrogens is 333 g/mol. The summed E-state index contributed by atoms with van der Waals surface area (Å²) in [5.74, 6) is 0.247. The second kappa shape index (κ2) is 5.79. The molecule has 1 aromatic heterocycles. The number of hydrogen-bond acceptors (Lipinski definition) is 3. The zero-order chi connectivity index (χ0) is 15.0. The third-order valence-corrected chi connectivity index (χ3v) is 4.16. The number of hydrogen-bond donors (Lipinski definition) is 1.